The molecule has 12 rings (SSSR count). The lowest BCUT2D eigenvalue weighted by atomic mass is 9.74. The van der Waals surface area contributed by atoms with Gasteiger partial charge in [-0.3, -0.25) is 0 Å². The second-order valence-electron chi connectivity index (χ2n) is 17.2. The number of hydrogen-bond acceptors (Lipinski definition) is 4. The highest BCUT2D eigenvalue weighted by Crippen LogP contribution is 2.43. The first-order valence-corrected chi connectivity index (χ1v) is 22.4. The Labute approximate surface area is 374 Å². The molecule has 0 aliphatic rings. The van der Waals surface area contributed by atoms with Gasteiger partial charge < -0.3 is 9.13 Å². The van der Waals surface area contributed by atoms with Crippen molar-refractivity contribution in [3.8, 4) is 45.5 Å². The lowest BCUT2D eigenvalue weighted by molar-refractivity contribution is 1.08. The molecule has 12 aromatic rings. The fourth-order valence-electron chi connectivity index (χ4n) is 10.3. The number of benzene rings is 8. The summed E-state index contributed by atoms with van der Waals surface area (Å²) in [6.45, 7) is 0. The van der Waals surface area contributed by atoms with E-state index in [2.05, 4.69) is 171 Å². The molecule has 0 radical (unpaired) electrons. The summed E-state index contributed by atoms with van der Waals surface area (Å²) >= 11 is 1.81. The van der Waals surface area contributed by atoms with Crippen molar-refractivity contribution in [1.29, 1.82) is 0 Å². The Hall–Kier alpha value is -7.02. The Balaban J connectivity index is 1.16. The van der Waals surface area contributed by atoms with Gasteiger partial charge in [-0.15, -0.1) is 11.3 Å². The van der Waals surface area contributed by atoms with Crippen molar-refractivity contribution in [1.82, 2.24) is 24.1 Å². The molecule has 4 aromatic heterocycles. The molecule has 0 atom stereocenters. The van der Waals surface area contributed by atoms with E-state index in [1.165, 1.54) is 91.9 Å². The van der Waals surface area contributed by atoms with Gasteiger partial charge in [-0.1, -0.05) is 154 Å². The lowest BCUT2D eigenvalue weighted by Gasteiger charge is -2.15. The largest absolute Gasteiger partial charge is 0.308 e. The minimum atomic E-state index is 0.659. The van der Waals surface area contributed by atoms with Crippen LogP contribution in [0.25, 0.3) is 109 Å². The average molecular weight is 817 g/mol. The third-order valence-corrected chi connectivity index (χ3v) is 14.2. The maximum absolute atomic E-state index is 5.15. The highest BCUT2D eigenvalue weighted by molar-refractivity contribution is 7.26. The molecule has 0 spiro atoms. The maximum Gasteiger partial charge on any atom is 0.165 e. The monoisotopic (exact) mass is 817 g/mol. The van der Waals surface area contributed by atoms with Crippen LogP contribution < -0.4 is 32.8 Å². The van der Waals surface area contributed by atoms with Gasteiger partial charge in [0.2, 0.25) is 0 Å². The summed E-state index contributed by atoms with van der Waals surface area (Å²) in [5.74, 6) is 1.99. The predicted octanol–water partition coefficient (Wildman–Crippen LogP) is 2.99. The highest BCUT2D eigenvalue weighted by Gasteiger charge is 2.27. The van der Waals surface area contributed by atoms with Crippen LogP contribution in [-0.4, -0.2) is 71.2 Å². The minimum Gasteiger partial charge on any atom is -0.308 e. The van der Waals surface area contributed by atoms with Crippen LogP contribution >= 0.6 is 11.3 Å². The van der Waals surface area contributed by atoms with Crippen LogP contribution in [0.15, 0.2) is 152 Å². The van der Waals surface area contributed by atoms with E-state index in [9.17, 15) is 0 Å². The second-order valence-corrected chi connectivity index (χ2v) is 18.2. The second kappa shape index (κ2) is 14.3. The van der Waals surface area contributed by atoms with Crippen molar-refractivity contribution < 1.29 is 0 Å². The van der Waals surface area contributed by atoms with Crippen molar-refractivity contribution in [2.24, 2.45) is 0 Å². The summed E-state index contributed by atoms with van der Waals surface area (Å²) in [6, 6.07) is 54.4. The summed E-state index contributed by atoms with van der Waals surface area (Å²) in [4.78, 5) is 15.3. The van der Waals surface area contributed by atoms with Crippen LogP contribution in [0.4, 0.5) is 0 Å². The third-order valence-electron chi connectivity index (χ3n) is 13.0. The van der Waals surface area contributed by atoms with E-state index in [-0.39, 0.29) is 0 Å². The molecule has 0 bridgehead atoms. The lowest BCUT2D eigenvalue weighted by Crippen LogP contribution is -2.27. The average Bonchev–Trinajstić information content (AvgIpc) is 3.97. The number of hydrogen-bond donors (Lipinski definition) is 0. The molecule has 0 saturated heterocycles. The van der Waals surface area contributed by atoms with Gasteiger partial charge in [0.15, 0.2) is 17.5 Å². The molecule has 0 aliphatic carbocycles. The smallest absolute Gasteiger partial charge is 0.165 e. The van der Waals surface area contributed by atoms with Gasteiger partial charge in [-0.25, -0.2) is 15.0 Å². The van der Waals surface area contributed by atoms with Crippen LogP contribution in [0.3, 0.4) is 0 Å². The number of nitrogens with zero attached hydrogens (tertiary/aromatic N) is 5. The minimum absolute atomic E-state index is 0.659. The fourth-order valence-corrected chi connectivity index (χ4v) is 11.5. The van der Waals surface area contributed by atoms with Gasteiger partial charge in [0.1, 0.15) is 47.1 Å². The van der Waals surface area contributed by atoms with Gasteiger partial charge in [0.05, 0.1) is 11.0 Å². The SMILES string of the molecule is Bc1cc(B)c2c(c1)c1c(B)c(B)c3c4cc(B)cc(B)c4n(-c4ccc5c(c4)sc4c(-c6nc(-c7ccccc7)nc(-c7ccccc7)n6)cccc45)c3c1n2-c1ccccc1. The molecule has 12 heteroatoms. The summed E-state index contributed by atoms with van der Waals surface area (Å²) < 4.78 is 7.49. The first kappa shape index (κ1) is 37.7. The number of rotatable bonds is 5. The molecule has 290 valence electrons. The normalized spacial score (nSPS) is 11.9. The van der Waals surface area contributed by atoms with E-state index in [1.807, 2.05) is 47.7 Å². The summed E-state index contributed by atoms with van der Waals surface area (Å²) in [5.41, 5.74) is 17.9. The Morgan fingerprint density at radius 1 is 0.397 bits per heavy atom. The van der Waals surface area contributed by atoms with E-state index in [4.69, 9.17) is 15.0 Å². The van der Waals surface area contributed by atoms with E-state index in [1.54, 1.807) is 0 Å². The molecule has 0 N–H and O–H groups in total. The molecule has 0 aliphatic heterocycles. The van der Waals surface area contributed by atoms with Gasteiger partial charge in [0.25, 0.3) is 0 Å². The zero-order valence-corrected chi connectivity index (χ0v) is 36.9. The van der Waals surface area contributed by atoms with Gasteiger partial charge >= 0.3 is 0 Å². The first-order chi connectivity index (χ1) is 30.7. The van der Waals surface area contributed by atoms with Gasteiger partial charge in [-0.2, -0.15) is 0 Å². The molecule has 8 aromatic carbocycles. The zero-order valence-electron chi connectivity index (χ0n) is 36.1. The van der Waals surface area contributed by atoms with Crippen LogP contribution in [0.1, 0.15) is 0 Å². The van der Waals surface area contributed by atoms with Gasteiger partial charge in [-0.05, 0) is 30.3 Å². The van der Waals surface area contributed by atoms with Crippen molar-refractivity contribution in [2.45, 2.75) is 0 Å². The molecule has 4 heterocycles. The van der Waals surface area contributed by atoms with E-state index in [0.717, 1.165) is 32.8 Å². The number of aromatic nitrogens is 5. The molecule has 5 nitrogen and oxygen atoms in total. The molecular weight excluding hydrogens is 780 g/mol. The summed E-state index contributed by atoms with van der Waals surface area (Å²) in [6.07, 6.45) is 0. The van der Waals surface area contributed by atoms with Crippen molar-refractivity contribution >= 4 is 155 Å². The predicted molar refractivity (Wildman–Crippen MR) is 287 cm³/mol. The molecule has 0 fully saturated rings. The Kier molecular flexibility index (Phi) is 8.54. The maximum atomic E-state index is 5.15. The Morgan fingerprint density at radius 3 is 1.46 bits per heavy atom. The van der Waals surface area contributed by atoms with Crippen molar-refractivity contribution in [3.63, 3.8) is 0 Å². The number of fused-ring (bicyclic) bond motifs is 10. The standard InChI is InChI=1S/C51H37B6N5S/c52-28-21-35-40-42(56)43(57)41-36-22-29(53)24-38(55)45(36)62(47(41)46(40)61(44(35)37(54)23-28)30-15-8-3-9-16-30)31-19-20-32-33-17-10-18-34(48(33)63-39(32)25-31)51-59-49(26-11-4-1-5-12-26)58-50(60-51)27-13-6-2-7-14-27/h1-25H,52-57H2. The fraction of sp³-hybridized carbons (Fsp3) is 0. The van der Waals surface area contributed by atoms with Gasteiger partial charge in [0, 0.05) is 80.8 Å². The first-order valence-electron chi connectivity index (χ1n) is 21.6. The quantitative estimate of drug-likeness (QED) is 0.252. The Bertz CT molecular complexity index is 3810. The molecule has 63 heavy (non-hydrogen) atoms. The molecule has 0 saturated carbocycles. The number of para-hydroxylation sites is 1. The molecule has 0 unspecified atom stereocenters. The Morgan fingerprint density at radius 2 is 0.905 bits per heavy atom. The van der Waals surface area contributed by atoms with Crippen LogP contribution in [-0.2, 0) is 0 Å². The van der Waals surface area contributed by atoms with E-state index >= 15 is 0 Å². The van der Waals surface area contributed by atoms with Crippen LogP contribution in [0, 0.1) is 0 Å². The molecular formula is C51H37B6N5S. The van der Waals surface area contributed by atoms with E-state index in [0.29, 0.717) is 17.5 Å². The van der Waals surface area contributed by atoms with Crippen molar-refractivity contribution in [3.05, 3.63) is 152 Å². The third kappa shape index (κ3) is 5.74. The summed E-state index contributed by atoms with van der Waals surface area (Å²) in [7, 11) is 13.6. The van der Waals surface area contributed by atoms with Crippen molar-refractivity contribution in [2.75, 3.05) is 0 Å². The number of thiophene rings is 1. The van der Waals surface area contributed by atoms with Crippen LogP contribution in [0.5, 0.6) is 0 Å². The highest BCUT2D eigenvalue weighted by atomic mass is 32.1. The molecule has 0 amide bonds. The zero-order chi connectivity index (χ0) is 42.7. The van der Waals surface area contributed by atoms with Crippen LogP contribution in [0.2, 0.25) is 0 Å². The van der Waals surface area contributed by atoms with E-state index < -0.39 is 0 Å². The topological polar surface area (TPSA) is 48.5 Å². The summed E-state index contributed by atoms with van der Waals surface area (Å²) in [5, 5.41) is 7.64.